The molecule has 2 aliphatic rings. The SMILES string of the molecule is CC(C)(CCO)N1C(=O)CC2(CCCC2)CC1=O. The number of rotatable bonds is 3. The van der Waals surface area contributed by atoms with Gasteiger partial charge in [0.2, 0.25) is 11.8 Å². The van der Waals surface area contributed by atoms with Crippen molar-refractivity contribution < 1.29 is 14.7 Å². The molecular weight excluding hydrogens is 230 g/mol. The molecule has 0 aromatic heterocycles. The number of aliphatic hydroxyl groups is 1. The van der Waals surface area contributed by atoms with E-state index in [0.717, 1.165) is 25.7 Å². The zero-order valence-corrected chi connectivity index (χ0v) is 11.4. The topological polar surface area (TPSA) is 57.6 Å². The van der Waals surface area contributed by atoms with E-state index in [4.69, 9.17) is 5.11 Å². The van der Waals surface area contributed by atoms with Crippen LogP contribution in [0.25, 0.3) is 0 Å². The highest BCUT2D eigenvalue weighted by atomic mass is 16.3. The summed E-state index contributed by atoms with van der Waals surface area (Å²) in [7, 11) is 0. The molecule has 0 bridgehead atoms. The summed E-state index contributed by atoms with van der Waals surface area (Å²) in [5.74, 6) is -0.0989. The third-order valence-corrected chi connectivity index (χ3v) is 4.54. The summed E-state index contributed by atoms with van der Waals surface area (Å²) in [6, 6.07) is 0. The zero-order valence-electron chi connectivity index (χ0n) is 11.4. The molecule has 18 heavy (non-hydrogen) atoms. The maximum Gasteiger partial charge on any atom is 0.230 e. The molecule has 2 amide bonds. The smallest absolute Gasteiger partial charge is 0.230 e. The van der Waals surface area contributed by atoms with Crippen molar-refractivity contribution in [3.05, 3.63) is 0 Å². The zero-order chi connectivity index (χ0) is 13.4. The maximum atomic E-state index is 12.3. The third-order valence-electron chi connectivity index (χ3n) is 4.54. The Morgan fingerprint density at radius 3 is 2.11 bits per heavy atom. The minimum atomic E-state index is -0.566. The molecule has 1 saturated heterocycles. The van der Waals surface area contributed by atoms with Crippen molar-refractivity contribution in [3.8, 4) is 0 Å². The van der Waals surface area contributed by atoms with Crippen LogP contribution >= 0.6 is 0 Å². The first-order valence-electron chi connectivity index (χ1n) is 6.87. The van der Waals surface area contributed by atoms with Crippen LogP contribution in [0.5, 0.6) is 0 Å². The van der Waals surface area contributed by atoms with E-state index in [0.29, 0.717) is 19.3 Å². The minimum Gasteiger partial charge on any atom is -0.396 e. The second-order valence-electron chi connectivity index (χ2n) is 6.47. The van der Waals surface area contributed by atoms with E-state index >= 15 is 0 Å². The third kappa shape index (κ3) is 2.30. The van der Waals surface area contributed by atoms with Gasteiger partial charge in [0, 0.05) is 25.0 Å². The number of carbonyl (C=O) groups is 2. The number of imide groups is 1. The van der Waals surface area contributed by atoms with Crippen LogP contribution in [-0.2, 0) is 9.59 Å². The minimum absolute atomic E-state index is 0.00476. The average molecular weight is 253 g/mol. The van der Waals surface area contributed by atoms with Gasteiger partial charge in [-0.15, -0.1) is 0 Å². The highest BCUT2D eigenvalue weighted by Gasteiger charge is 2.48. The molecule has 1 aliphatic heterocycles. The van der Waals surface area contributed by atoms with Crippen LogP contribution in [0.1, 0.15) is 58.8 Å². The Kier molecular flexibility index (Phi) is 3.49. The van der Waals surface area contributed by atoms with Gasteiger partial charge in [-0.25, -0.2) is 0 Å². The van der Waals surface area contributed by atoms with Crippen molar-refractivity contribution >= 4 is 11.8 Å². The van der Waals surface area contributed by atoms with Gasteiger partial charge in [-0.3, -0.25) is 14.5 Å². The standard InChI is InChI=1S/C14H23NO3/c1-13(2,7-8-16)15-11(17)9-14(10-12(15)18)5-3-4-6-14/h16H,3-10H2,1-2H3. The van der Waals surface area contributed by atoms with Gasteiger partial charge in [-0.2, -0.15) is 0 Å². The molecule has 0 aromatic rings. The molecule has 0 unspecified atom stereocenters. The molecule has 1 heterocycles. The van der Waals surface area contributed by atoms with Crippen molar-refractivity contribution in [1.82, 2.24) is 4.90 Å². The van der Waals surface area contributed by atoms with Gasteiger partial charge in [-0.05, 0) is 38.5 Å². The molecule has 0 aromatic carbocycles. The number of carbonyl (C=O) groups excluding carboxylic acids is 2. The van der Waals surface area contributed by atoms with Crippen molar-refractivity contribution in [1.29, 1.82) is 0 Å². The van der Waals surface area contributed by atoms with Gasteiger partial charge in [0.05, 0.1) is 0 Å². The number of piperidine rings is 1. The van der Waals surface area contributed by atoms with Crippen molar-refractivity contribution in [2.45, 2.75) is 64.3 Å². The highest BCUT2D eigenvalue weighted by molar-refractivity contribution is 5.99. The van der Waals surface area contributed by atoms with E-state index in [1.54, 1.807) is 0 Å². The van der Waals surface area contributed by atoms with E-state index in [1.807, 2.05) is 13.8 Å². The molecule has 0 radical (unpaired) electrons. The molecule has 4 heteroatoms. The van der Waals surface area contributed by atoms with E-state index in [-0.39, 0.29) is 23.8 Å². The van der Waals surface area contributed by atoms with Crippen LogP contribution in [0.3, 0.4) is 0 Å². The molecule has 102 valence electrons. The molecule has 0 atom stereocenters. The fraction of sp³-hybridized carbons (Fsp3) is 0.857. The first-order chi connectivity index (χ1) is 8.40. The number of hydrogen-bond acceptors (Lipinski definition) is 3. The second-order valence-corrected chi connectivity index (χ2v) is 6.47. The van der Waals surface area contributed by atoms with Crippen LogP contribution in [0.2, 0.25) is 0 Å². The lowest BCUT2D eigenvalue weighted by molar-refractivity contribution is -0.160. The second kappa shape index (κ2) is 4.65. The Labute approximate surface area is 108 Å². The molecular formula is C14H23NO3. The molecule has 4 nitrogen and oxygen atoms in total. The summed E-state index contributed by atoms with van der Waals surface area (Å²) in [6.07, 6.45) is 5.76. The molecule has 2 fully saturated rings. The van der Waals surface area contributed by atoms with Crippen LogP contribution < -0.4 is 0 Å². The largest absolute Gasteiger partial charge is 0.396 e. The van der Waals surface area contributed by atoms with Crippen molar-refractivity contribution in [3.63, 3.8) is 0 Å². The Balaban J connectivity index is 2.16. The number of likely N-dealkylation sites (tertiary alicyclic amines) is 1. The van der Waals surface area contributed by atoms with E-state index in [9.17, 15) is 9.59 Å². The first kappa shape index (κ1) is 13.5. The predicted molar refractivity (Wildman–Crippen MR) is 67.8 cm³/mol. The van der Waals surface area contributed by atoms with E-state index in [1.165, 1.54) is 4.90 Å². The van der Waals surface area contributed by atoms with Gasteiger partial charge in [0.25, 0.3) is 0 Å². The normalized spacial score (nSPS) is 24.1. The molecule has 1 aliphatic carbocycles. The Bertz CT molecular complexity index is 336. The molecule has 1 saturated carbocycles. The average Bonchev–Trinajstić information content (AvgIpc) is 2.63. The van der Waals surface area contributed by atoms with Gasteiger partial charge in [0.1, 0.15) is 0 Å². The van der Waals surface area contributed by atoms with Crippen molar-refractivity contribution in [2.24, 2.45) is 5.41 Å². The summed E-state index contributed by atoms with van der Waals surface area (Å²) in [4.78, 5) is 26.0. The van der Waals surface area contributed by atoms with Gasteiger partial charge in [0.15, 0.2) is 0 Å². The number of hydrogen-bond donors (Lipinski definition) is 1. The first-order valence-corrected chi connectivity index (χ1v) is 6.87. The van der Waals surface area contributed by atoms with Crippen LogP contribution in [-0.4, -0.2) is 34.0 Å². The van der Waals surface area contributed by atoms with Crippen LogP contribution in [0.15, 0.2) is 0 Å². The van der Waals surface area contributed by atoms with Gasteiger partial charge >= 0.3 is 0 Å². The fourth-order valence-electron chi connectivity index (χ4n) is 3.54. The molecule has 2 rings (SSSR count). The Hall–Kier alpha value is -0.900. The summed E-state index contributed by atoms with van der Waals surface area (Å²) < 4.78 is 0. The number of amides is 2. The lowest BCUT2D eigenvalue weighted by atomic mass is 9.75. The van der Waals surface area contributed by atoms with E-state index in [2.05, 4.69) is 0 Å². The summed E-state index contributed by atoms with van der Waals surface area (Å²) in [5.41, 5.74) is -0.608. The lowest BCUT2D eigenvalue weighted by Gasteiger charge is -2.44. The maximum absolute atomic E-state index is 12.3. The number of nitrogens with zero attached hydrogens (tertiary/aromatic N) is 1. The monoisotopic (exact) mass is 253 g/mol. The predicted octanol–water partition coefficient (Wildman–Crippen LogP) is 1.86. The fourth-order valence-corrected chi connectivity index (χ4v) is 3.54. The van der Waals surface area contributed by atoms with Crippen LogP contribution in [0.4, 0.5) is 0 Å². The number of aliphatic hydroxyl groups excluding tert-OH is 1. The van der Waals surface area contributed by atoms with Crippen LogP contribution in [0, 0.1) is 5.41 Å². The summed E-state index contributed by atoms with van der Waals surface area (Å²) >= 11 is 0. The van der Waals surface area contributed by atoms with Crippen molar-refractivity contribution in [2.75, 3.05) is 6.61 Å². The Morgan fingerprint density at radius 1 is 1.17 bits per heavy atom. The quantitative estimate of drug-likeness (QED) is 0.781. The summed E-state index contributed by atoms with van der Waals surface area (Å²) in [5, 5.41) is 9.06. The van der Waals surface area contributed by atoms with E-state index < -0.39 is 5.54 Å². The lowest BCUT2D eigenvalue weighted by Crippen LogP contribution is -2.56. The molecule has 1 N–H and O–H groups in total. The summed E-state index contributed by atoms with van der Waals surface area (Å²) in [6.45, 7) is 3.70. The highest BCUT2D eigenvalue weighted by Crippen LogP contribution is 2.48. The Morgan fingerprint density at radius 2 is 1.67 bits per heavy atom. The molecule has 1 spiro atoms. The van der Waals surface area contributed by atoms with Gasteiger partial charge in [-0.1, -0.05) is 12.8 Å². The van der Waals surface area contributed by atoms with Gasteiger partial charge < -0.3 is 5.11 Å².